The number of unbranched alkanes of at least 4 members (excludes halogenated alkanes) is 8. The number of nitrogens with zero attached hydrogens (tertiary/aromatic N) is 1. The molecule has 0 aliphatic carbocycles. The van der Waals surface area contributed by atoms with Crippen LogP contribution in [0.3, 0.4) is 0 Å². The van der Waals surface area contributed by atoms with Gasteiger partial charge in [0.15, 0.2) is 0 Å². The second-order valence-corrected chi connectivity index (χ2v) is 8.72. The molecule has 1 amide bonds. The van der Waals surface area contributed by atoms with E-state index in [1.165, 1.54) is 25.7 Å². The van der Waals surface area contributed by atoms with Crippen molar-refractivity contribution in [3.05, 3.63) is 0 Å². The topological polar surface area (TPSA) is 129 Å². The van der Waals surface area contributed by atoms with Gasteiger partial charge in [-0.25, -0.2) is 4.31 Å². The van der Waals surface area contributed by atoms with E-state index in [1.807, 2.05) is 0 Å². The molecule has 0 aliphatic rings. The highest BCUT2D eigenvalue weighted by molar-refractivity contribution is 7.86. The van der Waals surface area contributed by atoms with Gasteiger partial charge in [0.1, 0.15) is 0 Å². The van der Waals surface area contributed by atoms with Crippen molar-refractivity contribution >= 4 is 26.3 Å². The van der Waals surface area contributed by atoms with Crippen LogP contribution in [0.15, 0.2) is 0 Å². The molecule has 0 fully saturated rings. The van der Waals surface area contributed by atoms with Crippen LogP contribution in [0.2, 0.25) is 0 Å². The normalized spacial score (nSPS) is 12.3. The van der Waals surface area contributed by atoms with Crippen LogP contribution >= 0.6 is 0 Å². The van der Waals surface area contributed by atoms with E-state index in [9.17, 15) is 21.6 Å². The van der Waals surface area contributed by atoms with Gasteiger partial charge in [0.2, 0.25) is 5.91 Å². The second kappa shape index (κ2) is 11.8. The van der Waals surface area contributed by atoms with Crippen LogP contribution in [0, 0.1) is 0 Å². The molecule has 24 heavy (non-hydrogen) atoms. The van der Waals surface area contributed by atoms with Gasteiger partial charge in [0.25, 0.3) is 10.1 Å². The van der Waals surface area contributed by atoms with Gasteiger partial charge in [-0.2, -0.15) is 16.8 Å². The van der Waals surface area contributed by atoms with Crippen molar-refractivity contribution in [3.63, 3.8) is 0 Å². The quantitative estimate of drug-likeness (QED) is 0.346. The fraction of sp³-hybridized carbons (Fsp3) is 0.929. The molecule has 0 aromatic carbocycles. The lowest BCUT2D eigenvalue weighted by Crippen LogP contribution is -2.39. The first-order valence-electron chi connectivity index (χ1n) is 8.31. The van der Waals surface area contributed by atoms with Crippen LogP contribution < -0.4 is 0 Å². The number of amides is 1. The SMILES string of the molecule is CCCCCCCCCCCC(=O)N(CCS(=O)(=O)O)S(=O)(=O)O. The summed E-state index contributed by atoms with van der Waals surface area (Å²) in [6.45, 7) is 1.36. The van der Waals surface area contributed by atoms with Gasteiger partial charge in [-0.15, -0.1) is 0 Å². The first-order chi connectivity index (χ1) is 11.1. The number of hydrogen-bond acceptors (Lipinski definition) is 5. The molecule has 144 valence electrons. The van der Waals surface area contributed by atoms with E-state index in [1.54, 1.807) is 0 Å². The average Bonchev–Trinajstić information content (AvgIpc) is 2.43. The van der Waals surface area contributed by atoms with E-state index in [4.69, 9.17) is 9.11 Å². The van der Waals surface area contributed by atoms with Crippen LogP contribution in [0.1, 0.15) is 71.1 Å². The number of hydrogen-bond donors (Lipinski definition) is 2. The lowest BCUT2D eigenvalue weighted by atomic mass is 10.1. The monoisotopic (exact) mass is 387 g/mol. The standard InChI is InChI=1S/C14H29NO7S2/c1-2-3-4-5-6-7-8-9-10-11-14(16)15(24(20,21)22)12-13-23(17,18)19/h2-13H2,1H3,(H,17,18,19)(H,20,21,22). The Kier molecular flexibility index (Phi) is 11.4. The fourth-order valence-corrected chi connectivity index (χ4v) is 3.48. The van der Waals surface area contributed by atoms with Crippen molar-refractivity contribution in [1.82, 2.24) is 4.31 Å². The Bertz CT molecular complexity index is 558. The van der Waals surface area contributed by atoms with Crippen LogP contribution in [0.4, 0.5) is 0 Å². The summed E-state index contributed by atoms with van der Waals surface area (Å²) in [5, 5.41) is 0. The third-order valence-electron chi connectivity index (χ3n) is 3.60. The molecule has 0 aromatic heterocycles. The van der Waals surface area contributed by atoms with Crippen LogP contribution in [-0.4, -0.2) is 48.5 Å². The van der Waals surface area contributed by atoms with E-state index >= 15 is 0 Å². The van der Waals surface area contributed by atoms with Gasteiger partial charge in [-0.3, -0.25) is 13.9 Å². The third-order valence-corrected chi connectivity index (χ3v) is 5.24. The van der Waals surface area contributed by atoms with Gasteiger partial charge in [0.05, 0.1) is 12.3 Å². The number of rotatable bonds is 14. The molecule has 0 unspecified atom stereocenters. The van der Waals surface area contributed by atoms with Crippen molar-refractivity contribution in [2.24, 2.45) is 0 Å². The third kappa shape index (κ3) is 12.7. The van der Waals surface area contributed by atoms with Crippen molar-refractivity contribution < 1.29 is 30.7 Å². The summed E-state index contributed by atoms with van der Waals surface area (Å²) in [6, 6.07) is 0. The zero-order valence-electron chi connectivity index (χ0n) is 14.2. The predicted octanol–water partition coefficient (Wildman–Crippen LogP) is 2.43. The molecule has 0 bridgehead atoms. The van der Waals surface area contributed by atoms with Crippen molar-refractivity contribution in [1.29, 1.82) is 0 Å². The summed E-state index contributed by atoms with van der Waals surface area (Å²) < 4.78 is 61.3. The molecule has 0 atom stereocenters. The predicted molar refractivity (Wildman–Crippen MR) is 91.5 cm³/mol. The first-order valence-corrected chi connectivity index (χ1v) is 11.3. The number of carbonyl (C=O) groups excluding carboxylic acids is 1. The Morgan fingerprint density at radius 1 is 0.833 bits per heavy atom. The summed E-state index contributed by atoms with van der Waals surface area (Å²) in [7, 11) is -9.26. The van der Waals surface area contributed by atoms with E-state index < -0.39 is 38.6 Å². The first kappa shape index (κ1) is 23.3. The Labute approximate surface area is 145 Å². The van der Waals surface area contributed by atoms with Gasteiger partial charge >= 0.3 is 10.3 Å². The van der Waals surface area contributed by atoms with Gasteiger partial charge in [-0.1, -0.05) is 58.3 Å². The van der Waals surface area contributed by atoms with Crippen molar-refractivity contribution in [2.75, 3.05) is 12.3 Å². The Morgan fingerprint density at radius 3 is 1.71 bits per heavy atom. The Balaban J connectivity index is 4.07. The lowest BCUT2D eigenvalue weighted by Gasteiger charge is -2.18. The molecule has 0 saturated heterocycles. The summed E-state index contributed by atoms with van der Waals surface area (Å²) in [5.74, 6) is -1.82. The van der Waals surface area contributed by atoms with Gasteiger partial charge in [-0.05, 0) is 6.42 Å². The van der Waals surface area contributed by atoms with E-state index in [-0.39, 0.29) is 10.7 Å². The number of carbonyl (C=O) groups is 1. The maximum atomic E-state index is 11.8. The molecule has 0 spiro atoms. The summed E-state index contributed by atoms with van der Waals surface area (Å²) >= 11 is 0. The zero-order chi connectivity index (χ0) is 18.6. The van der Waals surface area contributed by atoms with Crippen LogP contribution in [0.25, 0.3) is 0 Å². The largest absolute Gasteiger partial charge is 0.362 e. The van der Waals surface area contributed by atoms with Crippen molar-refractivity contribution in [3.8, 4) is 0 Å². The average molecular weight is 388 g/mol. The van der Waals surface area contributed by atoms with Crippen molar-refractivity contribution in [2.45, 2.75) is 71.1 Å². The second-order valence-electron chi connectivity index (χ2n) is 5.81. The molecule has 2 N–H and O–H groups in total. The summed E-state index contributed by atoms with van der Waals surface area (Å²) in [6.07, 6.45) is 9.13. The fourth-order valence-electron chi connectivity index (χ4n) is 2.28. The molecule has 8 nitrogen and oxygen atoms in total. The highest BCUT2D eigenvalue weighted by Gasteiger charge is 2.26. The minimum atomic E-state index is -4.84. The van der Waals surface area contributed by atoms with Gasteiger partial charge in [0, 0.05) is 6.42 Å². The lowest BCUT2D eigenvalue weighted by molar-refractivity contribution is -0.126. The minimum Gasteiger partial charge on any atom is -0.285 e. The van der Waals surface area contributed by atoms with Gasteiger partial charge < -0.3 is 0 Å². The highest BCUT2D eigenvalue weighted by atomic mass is 32.2. The Morgan fingerprint density at radius 2 is 1.29 bits per heavy atom. The zero-order valence-corrected chi connectivity index (χ0v) is 15.8. The maximum absolute atomic E-state index is 11.8. The molecular formula is C14H29NO7S2. The summed E-state index contributed by atoms with van der Waals surface area (Å²) in [4.78, 5) is 11.8. The van der Waals surface area contributed by atoms with E-state index in [0.29, 0.717) is 6.42 Å². The smallest absolute Gasteiger partial charge is 0.285 e. The van der Waals surface area contributed by atoms with Crippen LogP contribution in [0.5, 0.6) is 0 Å². The molecule has 0 radical (unpaired) electrons. The highest BCUT2D eigenvalue weighted by Crippen LogP contribution is 2.12. The molecule has 10 heteroatoms. The molecule has 0 aliphatic heterocycles. The molecule has 0 aromatic rings. The molecule has 0 rings (SSSR count). The maximum Gasteiger partial charge on any atom is 0.362 e. The summed E-state index contributed by atoms with van der Waals surface area (Å²) in [5.41, 5.74) is 0. The van der Waals surface area contributed by atoms with Crippen LogP contribution in [-0.2, 0) is 25.2 Å². The minimum absolute atomic E-state index is 0.0888. The Hall–Kier alpha value is -0.710. The molecule has 0 heterocycles. The molecule has 0 saturated carbocycles. The van der Waals surface area contributed by atoms with E-state index in [0.717, 1.165) is 25.7 Å². The van der Waals surface area contributed by atoms with E-state index in [2.05, 4.69) is 6.92 Å². The molecular weight excluding hydrogens is 358 g/mol.